The molecule has 2 fully saturated rings. The Labute approximate surface area is 235 Å². The number of ether oxygens (including phenoxy) is 1. The number of allylic oxidation sites excluding steroid dienone is 4. The van der Waals surface area contributed by atoms with Crippen molar-refractivity contribution in [2.24, 2.45) is 22.4 Å². The van der Waals surface area contributed by atoms with E-state index in [2.05, 4.69) is 24.2 Å². The summed E-state index contributed by atoms with van der Waals surface area (Å²) in [6.07, 6.45) is 9.52. The van der Waals surface area contributed by atoms with Crippen molar-refractivity contribution in [2.45, 2.75) is 70.3 Å². The highest BCUT2D eigenvalue weighted by molar-refractivity contribution is 5.98. The fourth-order valence-electron chi connectivity index (χ4n) is 7.87. The second kappa shape index (κ2) is 10.5. The van der Waals surface area contributed by atoms with Gasteiger partial charge in [0.25, 0.3) is 0 Å². The highest BCUT2D eigenvalue weighted by atomic mass is 16.7. The predicted octanol–water partition coefficient (Wildman–Crippen LogP) is 7.35. The number of fused-ring (bicyclic) bond motifs is 4. The fraction of sp³-hybridized carbons (Fsp3) is 0.412. The van der Waals surface area contributed by atoms with E-state index >= 15 is 0 Å². The molecule has 6 heteroatoms. The second-order valence-corrected chi connectivity index (χ2v) is 11.8. The van der Waals surface area contributed by atoms with E-state index in [0.29, 0.717) is 23.0 Å². The second-order valence-electron chi connectivity index (χ2n) is 11.8. The first-order valence-corrected chi connectivity index (χ1v) is 14.4. The SMILES string of the molecule is C[C@]12CCC3=C4CC/C(=N/OC(=O)c5ccccc5)C=C4CC[C@H]3[C@@H]1CC[C@]2(CC#N)OC(=O)c1ccccc1. The first kappa shape index (κ1) is 26.3. The number of hydrogen-bond acceptors (Lipinski definition) is 6. The maximum atomic E-state index is 13.2. The average Bonchev–Trinajstić information content (AvgIpc) is 3.28. The lowest BCUT2D eigenvalue weighted by Crippen LogP contribution is -2.52. The minimum atomic E-state index is -0.763. The summed E-state index contributed by atoms with van der Waals surface area (Å²) in [6, 6.07) is 20.4. The number of esters is 1. The summed E-state index contributed by atoms with van der Waals surface area (Å²) in [7, 11) is 0. The molecule has 2 aromatic carbocycles. The number of hydrogen-bond donors (Lipinski definition) is 0. The van der Waals surface area contributed by atoms with Crippen LogP contribution in [0.25, 0.3) is 0 Å². The van der Waals surface area contributed by atoms with Gasteiger partial charge in [-0.1, -0.05) is 54.1 Å². The normalized spacial score (nSPS) is 29.9. The molecule has 0 aliphatic heterocycles. The predicted molar refractivity (Wildman–Crippen MR) is 151 cm³/mol. The van der Waals surface area contributed by atoms with Gasteiger partial charge in [0.1, 0.15) is 5.60 Å². The van der Waals surface area contributed by atoms with Crippen LogP contribution in [-0.4, -0.2) is 23.3 Å². The quantitative estimate of drug-likeness (QED) is 0.227. The fourth-order valence-corrected chi connectivity index (χ4v) is 7.87. The molecule has 2 saturated carbocycles. The van der Waals surface area contributed by atoms with E-state index in [1.165, 1.54) is 11.1 Å². The van der Waals surface area contributed by atoms with Crippen LogP contribution < -0.4 is 0 Å². The molecule has 4 atom stereocenters. The van der Waals surface area contributed by atoms with Gasteiger partial charge in [0, 0.05) is 5.41 Å². The summed E-state index contributed by atoms with van der Waals surface area (Å²) in [5, 5.41) is 14.0. The highest BCUT2D eigenvalue weighted by Crippen LogP contribution is 2.65. The molecule has 0 amide bonds. The number of nitrogens with zero attached hydrogens (tertiary/aromatic N) is 2. The maximum absolute atomic E-state index is 13.2. The standard InChI is InChI=1S/C34H34N2O4/c1-33-18-16-28-27-15-13-26(36-40-32(38)24-10-6-3-7-11-24)22-25(27)12-14-29(28)30(33)17-19-34(33,20-21-35)39-31(37)23-8-4-2-5-9-23/h2-11,22,29-30H,12-20H2,1H3/b36-26-/t29-,30+,33+,34-/m1/s1. The summed E-state index contributed by atoms with van der Waals surface area (Å²) < 4.78 is 6.33. The van der Waals surface area contributed by atoms with E-state index in [1.807, 2.05) is 24.3 Å². The molecule has 6 rings (SSSR count). The highest BCUT2D eigenvalue weighted by Gasteiger charge is 2.63. The average molecular weight is 535 g/mol. The Morgan fingerprint density at radius 1 is 0.925 bits per heavy atom. The third-order valence-corrected chi connectivity index (χ3v) is 9.95. The molecule has 0 heterocycles. The van der Waals surface area contributed by atoms with Crippen LogP contribution in [0.15, 0.2) is 88.6 Å². The number of carbonyl (C=O) groups is 2. The molecule has 0 aromatic heterocycles. The molecule has 4 aliphatic rings. The van der Waals surface area contributed by atoms with Gasteiger partial charge in [0.15, 0.2) is 0 Å². The molecule has 0 saturated heterocycles. The number of carbonyl (C=O) groups excluding carboxylic acids is 2. The Morgan fingerprint density at radius 2 is 1.62 bits per heavy atom. The number of rotatable bonds is 5. The Morgan fingerprint density at radius 3 is 2.33 bits per heavy atom. The molecule has 6 nitrogen and oxygen atoms in total. The van der Waals surface area contributed by atoms with Crippen molar-refractivity contribution in [3.63, 3.8) is 0 Å². The van der Waals surface area contributed by atoms with Gasteiger partial charge in [0.2, 0.25) is 0 Å². The van der Waals surface area contributed by atoms with E-state index in [-0.39, 0.29) is 17.8 Å². The van der Waals surface area contributed by atoms with Gasteiger partial charge < -0.3 is 9.57 Å². The van der Waals surface area contributed by atoms with E-state index in [0.717, 1.165) is 57.1 Å². The zero-order valence-electron chi connectivity index (χ0n) is 22.9. The molecule has 0 bridgehead atoms. The zero-order valence-corrected chi connectivity index (χ0v) is 22.9. The molecule has 4 aliphatic carbocycles. The Bertz CT molecular complexity index is 1450. The zero-order chi connectivity index (χ0) is 27.7. The van der Waals surface area contributed by atoms with Crippen LogP contribution in [0.3, 0.4) is 0 Å². The molecule has 0 N–H and O–H groups in total. The third kappa shape index (κ3) is 4.48. The van der Waals surface area contributed by atoms with Gasteiger partial charge in [-0.25, -0.2) is 9.59 Å². The van der Waals surface area contributed by atoms with Crippen molar-refractivity contribution in [2.75, 3.05) is 0 Å². The molecule has 2 aromatic rings. The summed E-state index contributed by atoms with van der Waals surface area (Å²) in [4.78, 5) is 30.8. The topological polar surface area (TPSA) is 88.8 Å². The lowest BCUT2D eigenvalue weighted by Gasteiger charge is -2.52. The monoisotopic (exact) mass is 534 g/mol. The summed E-state index contributed by atoms with van der Waals surface area (Å²) in [6.45, 7) is 2.26. The minimum Gasteiger partial charge on any atom is -0.454 e. The Kier molecular flexibility index (Phi) is 6.92. The maximum Gasteiger partial charge on any atom is 0.365 e. The summed E-state index contributed by atoms with van der Waals surface area (Å²) >= 11 is 0. The van der Waals surface area contributed by atoms with E-state index in [9.17, 15) is 14.9 Å². The van der Waals surface area contributed by atoms with Gasteiger partial charge in [-0.2, -0.15) is 5.26 Å². The van der Waals surface area contributed by atoms with Crippen LogP contribution in [-0.2, 0) is 9.57 Å². The Balaban J connectivity index is 1.22. The lowest BCUT2D eigenvalue weighted by atomic mass is 9.54. The van der Waals surface area contributed by atoms with Gasteiger partial charge in [0.05, 0.1) is 29.3 Å². The van der Waals surface area contributed by atoms with Crippen molar-refractivity contribution in [1.29, 1.82) is 5.26 Å². The van der Waals surface area contributed by atoms with E-state index < -0.39 is 11.6 Å². The van der Waals surface area contributed by atoms with Gasteiger partial charge in [-0.3, -0.25) is 0 Å². The number of nitriles is 1. The van der Waals surface area contributed by atoms with Gasteiger partial charge >= 0.3 is 11.9 Å². The molecule has 40 heavy (non-hydrogen) atoms. The van der Waals surface area contributed by atoms with Crippen LogP contribution in [0, 0.1) is 28.6 Å². The first-order chi connectivity index (χ1) is 19.4. The molecule has 0 radical (unpaired) electrons. The van der Waals surface area contributed by atoms with Crippen LogP contribution in [0.4, 0.5) is 0 Å². The minimum absolute atomic E-state index is 0.226. The van der Waals surface area contributed by atoms with Crippen LogP contribution in [0.1, 0.15) is 85.4 Å². The first-order valence-electron chi connectivity index (χ1n) is 14.4. The molecule has 0 unspecified atom stereocenters. The van der Waals surface area contributed by atoms with Crippen molar-refractivity contribution < 1.29 is 19.2 Å². The summed E-state index contributed by atoms with van der Waals surface area (Å²) in [5.41, 5.74) is 5.14. The Hall–Kier alpha value is -3.98. The van der Waals surface area contributed by atoms with Crippen molar-refractivity contribution in [3.05, 3.63) is 94.6 Å². The van der Waals surface area contributed by atoms with Crippen molar-refractivity contribution >= 4 is 17.7 Å². The number of oxime groups is 1. The van der Waals surface area contributed by atoms with Crippen molar-refractivity contribution in [1.82, 2.24) is 0 Å². The van der Waals surface area contributed by atoms with Gasteiger partial charge in [-0.05, 0) is 105 Å². The molecular weight excluding hydrogens is 500 g/mol. The van der Waals surface area contributed by atoms with Crippen LogP contribution in [0.5, 0.6) is 0 Å². The lowest BCUT2D eigenvalue weighted by molar-refractivity contribution is -0.0994. The summed E-state index contributed by atoms with van der Waals surface area (Å²) in [5.74, 6) is 0.0455. The molecular formula is C34H34N2O4. The molecule has 204 valence electrons. The third-order valence-electron chi connectivity index (χ3n) is 9.95. The van der Waals surface area contributed by atoms with Crippen LogP contribution >= 0.6 is 0 Å². The van der Waals surface area contributed by atoms with Crippen molar-refractivity contribution in [3.8, 4) is 6.07 Å². The van der Waals surface area contributed by atoms with Crippen LogP contribution in [0.2, 0.25) is 0 Å². The number of benzene rings is 2. The van der Waals surface area contributed by atoms with E-state index in [1.54, 1.807) is 42.0 Å². The smallest absolute Gasteiger partial charge is 0.365 e. The molecule has 0 spiro atoms. The van der Waals surface area contributed by atoms with E-state index in [4.69, 9.17) is 9.57 Å². The van der Waals surface area contributed by atoms with Gasteiger partial charge in [-0.15, -0.1) is 0 Å². The largest absolute Gasteiger partial charge is 0.454 e.